The maximum Gasteiger partial charge on any atom is 0.269 e. The van der Waals surface area contributed by atoms with Crippen molar-refractivity contribution in [1.29, 1.82) is 0 Å². The van der Waals surface area contributed by atoms with Crippen LogP contribution in [0.2, 0.25) is 0 Å². The number of nitrogens with one attached hydrogen (secondary N) is 2. The smallest absolute Gasteiger partial charge is 0.269 e. The summed E-state index contributed by atoms with van der Waals surface area (Å²) in [6.45, 7) is 6.79. The molecule has 1 aromatic heterocycles. The molecule has 0 atom stereocenters. The van der Waals surface area contributed by atoms with Gasteiger partial charge in [0.25, 0.3) is 11.8 Å². The van der Waals surface area contributed by atoms with Gasteiger partial charge in [-0.05, 0) is 61.6 Å². The number of carbonyl (C=O) groups excluding carboxylic acids is 2. The lowest BCUT2D eigenvalue weighted by atomic mass is 10.1. The second kappa shape index (κ2) is 9.35. The first-order valence-electron chi connectivity index (χ1n) is 9.93. The zero-order chi connectivity index (χ0) is 19.9. The second-order valence-corrected chi connectivity index (χ2v) is 7.58. The van der Waals surface area contributed by atoms with Crippen molar-refractivity contribution in [3.05, 3.63) is 53.9 Å². The molecule has 1 saturated heterocycles. The molecule has 2 heterocycles. The Kier molecular flexibility index (Phi) is 6.63. The van der Waals surface area contributed by atoms with E-state index in [1.165, 1.54) is 37.2 Å². The summed E-state index contributed by atoms with van der Waals surface area (Å²) in [6, 6.07) is 11.0. The van der Waals surface area contributed by atoms with E-state index >= 15 is 0 Å². The quantitative estimate of drug-likeness (QED) is 0.801. The molecule has 0 spiro atoms. The number of benzene rings is 1. The Morgan fingerprint density at radius 1 is 1.04 bits per heavy atom. The highest BCUT2D eigenvalue weighted by Crippen LogP contribution is 2.22. The van der Waals surface area contributed by atoms with Crippen molar-refractivity contribution in [2.75, 3.05) is 29.9 Å². The molecule has 2 N–H and O–H groups in total. The molecule has 2 amide bonds. The fourth-order valence-corrected chi connectivity index (χ4v) is 3.19. The third-order valence-corrected chi connectivity index (χ3v) is 4.77. The van der Waals surface area contributed by atoms with Gasteiger partial charge in [-0.15, -0.1) is 0 Å². The standard InChI is InChI=1S/C22H28N4O2/c1-16(2)15-24-22(28)20-14-17(10-11-23-20)21(27)25-18-6-8-19(9-7-18)26-12-4-3-5-13-26/h6-11,14,16H,3-5,12-13,15H2,1-2H3,(H,24,28)(H,25,27). The van der Waals surface area contributed by atoms with Crippen molar-refractivity contribution >= 4 is 23.2 Å². The van der Waals surface area contributed by atoms with Gasteiger partial charge in [-0.2, -0.15) is 0 Å². The number of nitrogens with zero attached hydrogens (tertiary/aromatic N) is 2. The van der Waals surface area contributed by atoms with Crippen LogP contribution < -0.4 is 15.5 Å². The summed E-state index contributed by atoms with van der Waals surface area (Å²) in [5, 5.41) is 5.70. The molecule has 0 radical (unpaired) electrons. The molecule has 1 aromatic carbocycles. The van der Waals surface area contributed by atoms with Crippen molar-refractivity contribution in [1.82, 2.24) is 10.3 Å². The zero-order valence-electron chi connectivity index (χ0n) is 16.6. The number of anilines is 2. The SMILES string of the molecule is CC(C)CNC(=O)c1cc(C(=O)Nc2ccc(N3CCCCC3)cc2)ccn1. The topological polar surface area (TPSA) is 74.3 Å². The number of aromatic nitrogens is 1. The average Bonchev–Trinajstić information content (AvgIpc) is 2.73. The Labute approximate surface area is 166 Å². The van der Waals surface area contributed by atoms with Crippen LogP contribution in [-0.2, 0) is 0 Å². The lowest BCUT2D eigenvalue weighted by Gasteiger charge is -2.28. The van der Waals surface area contributed by atoms with Gasteiger partial charge < -0.3 is 15.5 Å². The molecule has 148 valence electrons. The fourth-order valence-electron chi connectivity index (χ4n) is 3.19. The van der Waals surface area contributed by atoms with Crippen LogP contribution in [0.4, 0.5) is 11.4 Å². The van der Waals surface area contributed by atoms with Crippen LogP contribution in [0.1, 0.15) is 54.0 Å². The maximum absolute atomic E-state index is 12.6. The third-order valence-electron chi connectivity index (χ3n) is 4.77. The molecule has 0 saturated carbocycles. The summed E-state index contributed by atoms with van der Waals surface area (Å²) in [5.41, 5.74) is 2.57. The molecule has 6 nitrogen and oxygen atoms in total. The molecule has 2 aromatic rings. The summed E-state index contributed by atoms with van der Waals surface area (Å²) in [6.07, 6.45) is 5.24. The molecule has 6 heteroatoms. The van der Waals surface area contributed by atoms with Crippen molar-refractivity contribution in [2.24, 2.45) is 5.92 Å². The summed E-state index contributed by atoms with van der Waals surface area (Å²) in [5.74, 6) is -0.177. The van der Waals surface area contributed by atoms with Gasteiger partial charge in [-0.1, -0.05) is 13.8 Å². The van der Waals surface area contributed by atoms with Crippen LogP contribution in [-0.4, -0.2) is 36.4 Å². The lowest BCUT2D eigenvalue weighted by Crippen LogP contribution is -2.29. The van der Waals surface area contributed by atoms with Crippen molar-refractivity contribution in [3.8, 4) is 0 Å². The first-order chi connectivity index (χ1) is 13.5. The van der Waals surface area contributed by atoms with Gasteiger partial charge in [0.1, 0.15) is 5.69 Å². The number of rotatable bonds is 6. The molecule has 28 heavy (non-hydrogen) atoms. The largest absolute Gasteiger partial charge is 0.372 e. The number of hydrogen-bond acceptors (Lipinski definition) is 4. The van der Waals surface area contributed by atoms with Gasteiger partial charge in [0.2, 0.25) is 0 Å². The minimum Gasteiger partial charge on any atom is -0.372 e. The van der Waals surface area contributed by atoms with Crippen LogP contribution in [0, 0.1) is 5.92 Å². The summed E-state index contributed by atoms with van der Waals surface area (Å²) in [7, 11) is 0. The van der Waals surface area contributed by atoms with E-state index in [4.69, 9.17) is 0 Å². The Hall–Kier alpha value is -2.89. The highest BCUT2D eigenvalue weighted by molar-refractivity contribution is 6.05. The van der Waals surface area contributed by atoms with E-state index in [2.05, 4.69) is 20.5 Å². The Morgan fingerprint density at radius 2 is 1.75 bits per heavy atom. The van der Waals surface area contributed by atoms with Crippen LogP contribution in [0.15, 0.2) is 42.6 Å². The lowest BCUT2D eigenvalue weighted by molar-refractivity contribution is 0.0944. The number of piperidine rings is 1. The normalized spacial score (nSPS) is 14.0. The Morgan fingerprint density at radius 3 is 2.43 bits per heavy atom. The Bertz CT molecular complexity index is 812. The number of pyridine rings is 1. The van der Waals surface area contributed by atoms with E-state index in [0.717, 1.165) is 18.8 Å². The van der Waals surface area contributed by atoms with Crippen molar-refractivity contribution in [2.45, 2.75) is 33.1 Å². The summed E-state index contributed by atoms with van der Waals surface area (Å²) < 4.78 is 0. The molecule has 0 unspecified atom stereocenters. The van der Waals surface area contributed by atoms with E-state index in [9.17, 15) is 9.59 Å². The predicted octanol–water partition coefficient (Wildman–Crippen LogP) is 3.71. The number of hydrogen-bond donors (Lipinski definition) is 2. The highest BCUT2D eigenvalue weighted by atomic mass is 16.2. The third kappa shape index (κ3) is 5.31. The van der Waals surface area contributed by atoms with Gasteiger partial charge in [-0.25, -0.2) is 0 Å². The predicted molar refractivity (Wildman–Crippen MR) is 112 cm³/mol. The van der Waals surface area contributed by atoms with E-state index in [1.807, 2.05) is 38.1 Å². The van der Waals surface area contributed by atoms with E-state index in [-0.39, 0.29) is 17.5 Å². The average molecular weight is 380 g/mol. The van der Waals surface area contributed by atoms with Crippen LogP contribution in [0.3, 0.4) is 0 Å². The summed E-state index contributed by atoms with van der Waals surface area (Å²) in [4.78, 5) is 31.2. The number of amides is 2. The minimum atomic E-state index is -0.269. The maximum atomic E-state index is 12.6. The van der Waals surface area contributed by atoms with Crippen molar-refractivity contribution in [3.63, 3.8) is 0 Å². The molecule has 1 aliphatic heterocycles. The molecule has 0 aliphatic carbocycles. The van der Waals surface area contributed by atoms with Gasteiger partial charge in [-0.3, -0.25) is 14.6 Å². The fraction of sp³-hybridized carbons (Fsp3) is 0.409. The van der Waals surface area contributed by atoms with Crippen molar-refractivity contribution < 1.29 is 9.59 Å². The molecule has 1 aliphatic rings. The van der Waals surface area contributed by atoms with E-state index in [1.54, 1.807) is 6.07 Å². The first-order valence-corrected chi connectivity index (χ1v) is 9.93. The summed E-state index contributed by atoms with van der Waals surface area (Å²) >= 11 is 0. The first kappa shape index (κ1) is 19.9. The van der Waals surface area contributed by atoms with Gasteiger partial charge in [0, 0.05) is 42.8 Å². The van der Waals surface area contributed by atoms with Gasteiger partial charge in [0.05, 0.1) is 0 Å². The van der Waals surface area contributed by atoms with Gasteiger partial charge in [0.15, 0.2) is 0 Å². The van der Waals surface area contributed by atoms with Crippen LogP contribution in [0.5, 0.6) is 0 Å². The molecular weight excluding hydrogens is 352 g/mol. The van der Waals surface area contributed by atoms with Crippen LogP contribution in [0.25, 0.3) is 0 Å². The highest BCUT2D eigenvalue weighted by Gasteiger charge is 2.13. The molecule has 3 rings (SSSR count). The zero-order valence-corrected chi connectivity index (χ0v) is 16.6. The second-order valence-electron chi connectivity index (χ2n) is 7.58. The van der Waals surface area contributed by atoms with E-state index in [0.29, 0.717) is 18.0 Å². The molecular formula is C22H28N4O2. The monoisotopic (exact) mass is 380 g/mol. The Balaban J connectivity index is 1.62. The van der Waals surface area contributed by atoms with Crippen LogP contribution >= 0.6 is 0 Å². The van der Waals surface area contributed by atoms with E-state index < -0.39 is 0 Å². The van der Waals surface area contributed by atoms with Gasteiger partial charge >= 0.3 is 0 Å². The number of carbonyl (C=O) groups is 2. The molecule has 1 fully saturated rings. The minimum absolute atomic E-state index is 0.244. The molecule has 0 bridgehead atoms.